The van der Waals surface area contributed by atoms with Crippen molar-refractivity contribution in [2.24, 2.45) is 4.99 Å². The molecular formula is C17H28N2O3. The Kier molecular flexibility index (Phi) is 7.91. The highest BCUT2D eigenvalue weighted by atomic mass is 16.5. The predicted molar refractivity (Wildman–Crippen MR) is 90.4 cm³/mol. The first kappa shape index (κ1) is 18.5. The number of benzene rings is 1. The van der Waals surface area contributed by atoms with Crippen LogP contribution in [-0.4, -0.2) is 49.8 Å². The van der Waals surface area contributed by atoms with Crippen LogP contribution in [0.5, 0.6) is 11.5 Å². The highest BCUT2D eigenvalue weighted by Crippen LogP contribution is 2.27. The quantitative estimate of drug-likeness (QED) is 0.687. The number of aliphatic imine (C=N–C) groups is 1. The Hall–Kier alpha value is -1.59. The zero-order chi connectivity index (χ0) is 16.5. The van der Waals surface area contributed by atoms with Gasteiger partial charge < -0.3 is 19.9 Å². The molecule has 124 valence electrons. The van der Waals surface area contributed by atoms with Crippen molar-refractivity contribution in [1.82, 2.24) is 5.32 Å². The smallest absolute Gasteiger partial charge is 0.161 e. The second-order valence-electron chi connectivity index (χ2n) is 5.81. The molecule has 0 spiro atoms. The highest BCUT2D eigenvalue weighted by Gasteiger charge is 2.09. The van der Waals surface area contributed by atoms with Gasteiger partial charge in [-0.25, -0.2) is 0 Å². The molecule has 0 heterocycles. The molecule has 0 radical (unpaired) electrons. The van der Waals surface area contributed by atoms with Gasteiger partial charge in [-0.2, -0.15) is 0 Å². The molecular weight excluding hydrogens is 280 g/mol. The molecule has 1 aromatic carbocycles. The monoisotopic (exact) mass is 308 g/mol. The van der Waals surface area contributed by atoms with E-state index in [1.54, 1.807) is 7.11 Å². The Morgan fingerprint density at radius 1 is 1.23 bits per heavy atom. The van der Waals surface area contributed by atoms with Gasteiger partial charge in [-0.05, 0) is 37.6 Å². The molecule has 1 aromatic rings. The zero-order valence-corrected chi connectivity index (χ0v) is 14.2. The van der Waals surface area contributed by atoms with Crippen LogP contribution in [0.25, 0.3) is 0 Å². The second kappa shape index (κ2) is 9.43. The van der Waals surface area contributed by atoms with E-state index in [0.29, 0.717) is 24.1 Å². The maximum atomic E-state index is 9.87. The van der Waals surface area contributed by atoms with Crippen molar-refractivity contribution in [1.29, 1.82) is 0 Å². The molecule has 2 N–H and O–H groups in total. The fourth-order valence-electron chi connectivity index (χ4n) is 1.74. The molecule has 22 heavy (non-hydrogen) atoms. The van der Waals surface area contributed by atoms with E-state index in [1.807, 2.05) is 52.1 Å². The summed E-state index contributed by atoms with van der Waals surface area (Å²) in [4.78, 5) is 4.35. The summed E-state index contributed by atoms with van der Waals surface area (Å²) < 4.78 is 11.0. The lowest BCUT2D eigenvalue weighted by molar-refractivity contribution is 0.103. The lowest BCUT2D eigenvalue weighted by atomic mass is 10.2. The Morgan fingerprint density at radius 3 is 2.55 bits per heavy atom. The number of hydrogen-bond acceptors (Lipinski definition) is 5. The minimum Gasteiger partial charge on any atom is -0.493 e. The molecule has 1 rings (SSSR count). The minimum absolute atomic E-state index is 0.218. The van der Waals surface area contributed by atoms with Crippen LogP contribution in [0, 0.1) is 0 Å². The molecule has 0 aliphatic carbocycles. The lowest BCUT2D eigenvalue weighted by Crippen LogP contribution is -2.35. The number of rotatable bonds is 9. The third kappa shape index (κ3) is 6.91. The average Bonchev–Trinajstić information content (AvgIpc) is 2.48. The zero-order valence-electron chi connectivity index (χ0n) is 14.2. The average molecular weight is 308 g/mol. The Morgan fingerprint density at radius 2 is 1.95 bits per heavy atom. The number of aliphatic hydroxyl groups excluding tert-OH is 1. The molecule has 0 aromatic heterocycles. The SMILES string of the molecule is COc1cc(C=NC(C)C)ccc1OCC(O)CNC(C)C. The van der Waals surface area contributed by atoms with E-state index < -0.39 is 6.10 Å². The maximum Gasteiger partial charge on any atom is 0.161 e. The second-order valence-corrected chi connectivity index (χ2v) is 5.81. The van der Waals surface area contributed by atoms with Crippen molar-refractivity contribution in [3.63, 3.8) is 0 Å². The van der Waals surface area contributed by atoms with Gasteiger partial charge in [0.25, 0.3) is 0 Å². The van der Waals surface area contributed by atoms with E-state index in [9.17, 15) is 5.11 Å². The number of methoxy groups -OCH3 is 1. The summed E-state index contributed by atoms with van der Waals surface area (Å²) in [6.07, 6.45) is 1.26. The largest absolute Gasteiger partial charge is 0.493 e. The third-order valence-corrected chi connectivity index (χ3v) is 2.90. The summed E-state index contributed by atoms with van der Waals surface area (Å²) in [6.45, 7) is 8.84. The van der Waals surface area contributed by atoms with Crippen LogP contribution in [0.15, 0.2) is 23.2 Å². The maximum absolute atomic E-state index is 9.87. The number of aliphatic hydroxyl groups is 1. The minimum atomic E-state index is -0.561. The van der Waals surface area contributed by atoms with E-state index in [-0.39, 0.29) is 12.6 Å². The summed E-state index contributed by atoms with van der Waals surface area (Å²) in [5, 5.41) is 13.0. The fraction of sp³-hybridized carbons (Fsp3) is 0.588. The molecule has 5 heteroatoms. The van der Waals surface area contributed by atoms with Crippen LogP contribution in [-0.2, 0) is 0 Å². The van der Waals surface area contributed by atoms with Gasteiger partial charge in [0, 0.05) is 24.8 Å². The molecule has 0 aliphatic rings. The normalized spacial score (nSPS) is 13.1. The first-order chi connectivity index (χ1) is 10.4. The first-order valence-electron chi connectivity index (χ1n) is 7.67. The van der Waals surface area contributed by atoms with Gasteiger partial charge in [-0.1, -0.05) is 13.8 Å². The summed E-state index contributed by atoms with van der Waals surface area (Å²) in [5.41, 5.74) is 0.958. The third-order valence-electron chi connectivity index (χ3n) is 2.90. The molecule has 0 saturated carbocycles. The van der Waals surface area contributed by atoms with Crippen molar-refractivity contribution in [3.8, 4) is 11.5 Å². The van der Waals surface area contributed by atoms with Crippen LogP contribution in [0.2, 0.25) is 0 Å². The molecule has 0 fully saturated rings. The molecule has 0 bridgehead atoms. The molecule has 0 aliphatic heterocycles. The summed E-state index contributed by atoms with van der Waals surface area (Å²) >= 11 is 0. The van der Waals surface area contributed by atoms with Crippen molar-refractivity contribution in [2.45, 2.75) is 45.9 Å². The Labute approximate surface area is 133 Å². The van der Waals surface area contributed by atoms with Crippen molar-refractivity contribution < 1.29 is 14.6 Å². The van der Waals surface area contributed by atoms with Crippen LogP contribution in [0.4, 0.5) is 0 Å². The topological polar surface area (TPSA) is 63.1 Å². The van der Waals surface area contributed by atoms with Gasteiger partial charge >= 0.3 is 0 Å². The molecule has 0 amide bonds. The van der Waals surface area contributed by atoms with E-state index in [0.717, 1.165) is 5.56 Å². The van der Waals surface area contributed by atoms with E-state index in [4.69, 9.17) is 9.47 Å². The first-order valence-corrected chi connectivity index (χ1v) is 7.67. The Bertz CT molecular complexity index is 473. The lowest BCUT2D eigenvalue weighted by Gasteiger charge is -2.16. The summed E-state index contributed by atoms with van der Waals surface area (Å²) in [5.74, 6) is 1.25. The number of nitrogens with zero attached hydrogens (tertiary/aromatic N) is 1. The number of ether oxygens (including phenoxy) is 2. The summed E-state index contributed by atoms with van der Waals surface area (Å²) in [6, 6.07) is 6.22. The van der Waals surface area contributed by atoms with Crippen molar-refractivity contribution in [2.75, 3.05) is 20.3 Å². The molecule has 1 atom stereocenters. The number of hydrogen-bond donors (Lipinski definition) is 2. The van der Waals surface area contributed by atoms with Gasteiger partial charge in [0.1, 0.15) is 12.7 Å². The van der Waals surface area contributed by atoms with Crippen LogP contribution >= 0.6 is 0 Å². The van der Waals surface area contributed by atoms with Crippen LogP contribution in [0.3, 0.4) is 0 Å². The van der Waals surface area contributed by atoms with Gasteiger partial charge in [0.2, 0.25) is 0 Å². The van der Waals surface area contributed by atoms with Crippen LogP contribution < -0.4 is 14.8 Å². The van der Waals surface area contributed by atoms with Crippen molar-refractivity contribution in [3.05, 3.63) is 23.8 Å². The summed E-state index contributed by atoms with van der Waals surface area (Å²) in [7, 11) is 1.60. The van der Waals surface area contributed by atoms with E-state index in [2.05, 4.69) is 10.3 Å². The predicted octanol–water partition coefficient (Wildman–Crippen LogP) is 2.26. The van der Waals surface area contributed by atoms with E-state index in [1.165, 1.54) is 0 Å². The standard InChI is InChI=1S/C17H28N2O3/c1-12(2)18-9-14-6-7-16(17(8-14)21-5)22-11-15(20)10-19-13(3)4/h6-9,12-13,15,19-20H,10-11H2,1-5H3. The van der Waals surface area contributed by atoms with Gasteiger partial charge in [-0.15, -0.1) is 0 Å². The van der Waals surface area contributed by atoms with Crippen molar-refractivity contribution >= 4 is 6.21 Å². The van der Waals surface area contributed by atoms with E-state index >= 15 is 0 Å². The molecule has 0 saturated heterocycles. The fourth-order valence-corrected chi connectivity index (χ4v) is 1.74. The number of nitrogens with one attached hydrogen (secondary N) is 1. The van der Waals surface area contributed by atoms with Gasteiger partial charge in [0.15, 0.2) is 11.5 Å². The molecule has 5 nitrogen and oxygen atoms in total. The Balaban J connectivity index is 2.63. The van der Waals surface area contributed by atoms with Gasteiger partial charge in [0.05, 0.1) is 7.11 Å². The van der Waals surface area contributed by atoms with Gasteiger partial charge in [-0.3, -0.25) is 4.99 Å². The molecule has 1 unspecified atom stereocenters. The van der Waals surface area contributed by atoms with Crippen LogP contribution in [0.1, 0.15) is 33.3 Å². The highest BCUT2D eigenvalue weighted by molar-refractivity contribution is 5.81.